The Labute approximate surface area is 397 Å². The van der Waals surface area contributed by atoms with Crippen LogP contribution in [0, 0.1) is 31.1 Å². The van der Waals surface area contributed by atoms with Crippen LogP contribution in [-0.4, -0.2) is 109 Å². The second kappa shape index (κ2) is 23.7. The number of likely N-dealkylation sites (N-methyl/N-ethyl adjacent to an activating group) is 1. The first-order chi connectivity index (χ1) is 32.8. The maximum atomic E-state index is 14.8. The maximum absolute atomic E-state index is 14.8. The van der Waals surface area contributed by atoms with Crippen molar-refractivity contribution in [1.29, 1.82) is 5.26 Å². The predicted molar refractivity (Wildman–Crippen MR) is 256 cm³/mol. The summed E-state index contributed by atoms with van der Waals surface area (Å²) in [6.45, 7) is 5.26. The minimum absolute atomic E-state index is 0.00403. The Morgan fingerprint density at radius 1 is 0.868 bits per heavy atom. The zero-order valence-electron chi connectivity index (χ0n) is 39.2. The lowest BCUT2D eigenvalue weighted by Gasteiger charge is -2.32. The molecular formula is C50H63N11O7. The van der Waals surface area contributed by atoms with Gasteiger partial charge in [0.05, 0.1) is 23.0 Å². The van der Waals surface area contributed by atoms with Crippen molar-refractivity contribution in [2.45, 2.75) is 89.9 Å². The number of hydrogen-bond donors (Lipinski definition) is 7. The molecule has 1 saturated carbocycles. The third kappa shape index (κ3) is 12.3. The molecule has 360 valence electrons. The van der Waals surface area contributed by atoms with Crippen LogP contribution in [0.25, 0.3) is 22.5 Å². The second-order valence-corrected chi connectivity index (χ2v) is 17.3. The topological polar surface area (TPSA) is 283 Å². The molecule has 0 saturated heterocycles. The predicted octanol–water partition coefficient (Wildman–Crippen LogP) is 2.67. The van der Waals surface area contributed by atoms with E-state index in [9.17, 15) is 29.2 Å². The highest BCUT2D eigenvalue weighted by molar-refractivity contribution is 6.00. The van der Waals surface area contributed by atoms with Crippen molar-refractivity contribution in [3.63, 3.8) is 0 Å². The van der Waals surface area contributed by atoms with Gasteiger partial charge in [0.2, 0.25) is 23.6 Å². The number of benzene rings is 3. The zero-order valence-corrected chi connectivity index (χ0v) is 39.2. The van der Waals surface area contributed by atoms with Gasteiger partial charge in [-0.2, -0.15) is 5.26 Å². The summed E-state index contributed by atoms with van der Waals surface area (Å²) < 4.78 is 12.2. The van der Waals surface area contributed by atoms with E-state index in [2.05, 4.69) is 33.4 Å². The van der Waals surface area contributed by atoms with Gasteiger partial charge in [-0.05, 0) is 87.0 Å². The van der Waals surface area contributed by atoms with E-state index in [0.717, 1.165) is 12.0 Å². The van der Waals surface area contributed by atoms with Gasteiger partial charge in [0.15, 0.2) is 5.82 Å². The molecule has 1 aliphatic carbocycles. The number of nitrogens with one attached hydrogen (secondary N) is 4. The van der Waals surface area contributed by atoms with Crippen LogP contribution >= 0.6 is 0 Å². The Kier molecular flexibility index (Phi) is 17.6. The molecule has 3 aromatic carbocycles. The molecule has 1 aliphatic heterocycles. The normalized spacial score (nSPS) is 17.7. The summed E-state index contributed by atoms with van der Waals surface area (Å²) in [6, 6.07) is 15.3. The van der Waals surface area contributed by atoms with E-state index in [1.54, 1.807) is 50.2 Å². The standard InChI is InChI=1S/C50H63N11O7/c1-29-43(30(2)57-45(56-29)35-12-9-33(10-13-35)25-32-7-5-6-8-32)48(64)59-39(17-18-51)50(66)61(4)44-36-14-16-42(68-24-21-54)38(28-36)37-26-34(11-15-41(37)67-23-20-53)27-40(47(63)55-22-19-52)60-46(62)31(3)58-49(44)65/h9-16,26,28,31-32,39-40,44H,5-8,17-18,20-25,27,51,53-54H2,1-4H3,(H,55,63)(H,58,65)(H,59,64)(H,60,62)/t31-,39?,40-,44-/m0/s1. The van der Waals surface area contributed by atoms with Crippen molar-refractivity contribution in [1.82, 2.24) is 36.1 Å². The summed E-state index contributed by atoms with van der Waals surface area (Å²) in [5, 5.41) is 20.0. The lowest BCUT2D eigenvalue weighted by molar-refractivity contribution is -0.141. The highest BCUT2D eigenvalue weighted by Gasteiger charge is 2.36. The van der Waals surface area contributed by atoms with Gasteiger partial charge in [-0.15, -0.1) is 0 Å². The number of aromatic nitrogens is 2. The van der Waals surface area contributed by atoms with Crippen molar-refractivity contribution in [3.8, 4) is 40.1 Å². The molecule has 18 heteroatoms. The molecule has 1 aromatic heterocycles. The van der Waals surface area contributed by atoms with Gasteiger partial charge in [-0.1, -0.05) is 62.1 Å². The number of fused-ring (bicyclic) bond motifs is 5. The van der Waals surface area contributed by atoms with Crippen LogP contribution in [0.15, 0.2) is 60.7 Å². The molecular weight excluding hydrogens is 867 g/mol. The fourth-order valence-corrected chi connectivity index (χ4v) is 8.87. The maximum Gasteiger partial charge on any atom is 0.255 e. The summed E-state index contributed by atoms with van der Waals surface area (Å²) in [6.07, 6.45) is 6.15. The molecule has 5 amide bonds. The highest BCUT2D eigenvalue weighted by Crippen LogP contribution is 2.40. The van der Waals surface area contributed by atoms with Crippen LogP contribution < -0.4 is 47.9 Å². The Bertz CT molecular complexity index is 2480. The van der Waals surface area contributed by atoms with E-state index in [0.29, 0.717) is 56.9 Å². The first kappa shape index (κ1) is 50.5. The molecule has 18 nitrogen and oxygen atoms in total. The third-order valence-corrected chi connectivity index (χ3v) is 12.3. The van der Waals surface area contributed by atoms with Crippen molar-refractivity contribution >= 4 is 29.5 Å². The van der Waals surface area contributed by atoms with Gasteiger partial charge < -0.3 is 52.8 Å². The van der Waals surface area contributed by atoms with Crippen LogP contribution in [0.2, 0.25) is 0 Å². The van der Waals surface area contributed by atoms with Crippen LogP contribution in [0.5, 0.6) is 11.5 Å². The molecule has 4 aromatic rings. The third-order valence-electron chi connectivity index (χ3n) is 12.3. The number of hydrogen-bond acceptors (Lipinski definition) is 13. The average Bonchev–Trinajstić information content (AvgIpc) is 3.84. The summed E-state index contributed by atoms with van der Waals surface area (Å²) in [5.74, 6) is -1.35. The number of nitrogens with zero attached hydrogens (tertiary/aromatic N) is 4. The number of carbonyl (C=O) groups is 5. The van der Waals surface area contributed by atoms with Crippen molar-refractivity contribution in [2.24, 2.45) is 23.1 Å². The number of amides is 5. The first-order valence-electron chi connectivity index (χ1n) is 23.2. The largest absolute Gasteiger partial charge is 0.492 e. The SMILES string of the molecule is Cc1nc(-c2ccc(CC3CCCC3)cc2)nc(C)c1C(=O)NC(CCN)C(=O)N(C)[C@@H]1C(=O)N[C@@H](C)C(=O)N[C@H](C(=O)NCC#N)Cc2ccc(OCCN)c(c2)-c2cc1ccc2OCCN. The van der Waals surface area contributed by atoms with Crippen molar-refractivity contribution in [3.05, 3.63) is 94.3 Å². The quantitative estimate of drug-likeness (QED) is 0.0751. The fourth-order valence-electron chi connectivity index (χ4n) is 8.87. The Morgan fingerprint density at radius 2 is 1.50 bits per heavy atom. The monoisotopic (exact) mass is 929 g/mol. The minimum atomic E-state index is -1.40. The summed E-state index contributed by atoms with van der Waals surface area (Å²) in [5.41, 5.74) is 22.7. The lowest BCUT2D eigenvalue weighted by atomic mass is 9.93. The molecule has 1 fully saturated rings. The molecule has 2 aliphatic rings. The lowest BCUT2D eigenvalue weighted by Crippen LogP contribution is -2.56. The number of carbonyl (C=O) groups excluding carboxylic acids is 5. The zero-order chi connectivity index (χ0) is 48.9. The Hall–Kier alpha value is -6.94. The molecule has 10 N–H and O–H groups in total. The van der Waals surface area contributed by atoms with Crippen LogP contribution in [0.1, 0.15) is 83.5 Å². The van der Waals surface area contributed by atoms with Gasteiger partial charge in [0.1, 0.15) is 55.4 Å². The summed E-state index contributed by atoms with van der Waals surface area (Å²) in [4.78, 5) is 81.3. The fraction of sp³-hybridized carbons (Fsp3) is 0.440. The molecule has 1 unspecified atom stereocenters. The Morgan fingerprint density at radius 3 is 2.12 bits per heavy atom. The molecule has 0 radical (unpaired) electrons. The molecule has 0 spiro atoms. The van der Waals surface area contributed by atoms with E-state index in [4.69, 9.17) is 36.6 Å². The number of nitrogens with two attached hydrogens (primary N) is 3. The van der Waals surface area contributed by atoms with E-state index in [1.807, 2.05) is 18.2 Å². The van der Waals surface area contributed by atoms with Crippen LogP contribution in [0.3, 0.4) is 0 Å². The van der Waals surface area contributed by atoms with Crippen molar-refractivity contribution in [2.75, 3.05) is 46.4 Å². The van der Waals surface area contributed by atoms with Gasteiger partial charge in [0.25, 0.3) is 5.91 Å². The summed E-state index contributed by atoms with van der Waals surface area (Å²) in [7, 11) is 1.42. The van der Waals surface area contributed by atoms with Crippen LogP contribution in [-0.2, 0) is 32.0 Å². The minimum Gasteiger partial charge on any atom is -0.492 e. The van der Waals surface area contributed by atoms with Crippen molar-refractivity contribution < 1.29 is 33.4 Å². The molecule has 6 rings (SSSR count). The van der Waals surface area contributed by atoms with E-state index in [-0.39, 0.29) is 57.8 Å². The van der Waals surface area contributed by atoms with Gasteiger partial charge in [0, 0.05) is 43.2 Å². The molecule has 4 atom stereocenters. The smallest absolute Gasteiger partial charge is 0.255 e. The van der Waals surface area contributed by atoms with Gasteiger partial charge in [-0.25, -0.2) is 9.97 Å². The van der Waals surface area contributed by atoms with Gasteiger partial charge in [-0.3, -0.25) is 24.0 Å². The molecule has 4 bridgehead atoms. The Balaban J connectivity index is 1.35. The number of nitriles is 1. The molecule has 2 heterocycles. The number of aryl methyl sites for hydroxylation is 2. The number of ether oxygens (including phenoxy) is 2. The van der Waals surface area contributed by atoms with E-state index >= 15 is 0 Å². The average molecular weight is 930 g/mol. The highest BCUT2D eigenvalue weighted by atomic mass is 16.5. The summed E-state index contributed by atoms with van der Waals surface area (Å²) >= 11 is 0. The van der Waals surface area contributed by atoms with E-state index < -0.39 is 53.7 Å². The molecule has 68 heavy (non-hydrogen) atoms. The van der Waals surface area contributed by atoms with Crippen LogP contribution in [0.4, 0.5) is 0 Å². The van der Waals surface area contributed by atoms with Gasteiger partial charge >= 0.3 is 0 Å². The van der Waals surface area contributed by atoms with E-state index in [1.165, 1.54) is 50.1 Å². The number of rotatable bonds is 17. The first-order valence-corrected chi connectivity index (χ1v) is 23.2. The second-order valence-electron chi connectivity index (χ2n) is 17.3.